The molecule has 0 spiro atoms. The molecule has 8 nitrogen and oxygen atoms in total. The Morgan fingerprint density at radius 2 is 1.96 bits per heavy atom. The second-order valence-corrected chi connectivity index (χ2v) is 6.69. The fourth-order valence-electron chi connectivity index (χ4n) is 2.58. The fraction of sp³-hybridized carbons (Fsp3) is 0.111. The highest BCUT2D eigenvalue weighted by Crippen LogP contribution is 2.16. The molecule has 4 aromatic rings. The number of carbonyl (C=O) groups is 1. The largest absolute Gasteiger partial charge is 0.497 e. The molecule has 1 N–H and O–H groups in total. The number of benzene rings is 2. The normalized spacial score (nSPS) is 10.9. The van der Waals surface area contributed by atoms with E-state index in [0.717, 1.165) is 31.6 Å². The van der Waals surface area contributed by atoms with E-state index in [4.69, 9.17) is 4.74 Å². The summed E-state index contributed by atoms with van der Waals surface area (Å²) in [5, 5.41) is 11.3. The second-order valence-electron chi connectivity index (χ2n) is 5.70. The average molecular weight is 381 g/mol. The maximum atomic E-state index is 12.3. The molecule has 0 aliphatic heterocycles. The van der Waals surface area contributed by atoms with Crippen molar-refractivity contribution in [3.8, 4) is 11.4 Å². The van der Waals surface area contributed by atoms with Gasteiger partial charge < -0.3 is 10.1 Å². The molecule has 0 bridgehead atoms. The van der Waals surface area contributed by atoms with Crippen molar-refractivity contribution in [1.82, 2.24) is 24.3 Å². The quantitative estimate of drug-likeness (QED) is 0.586. The van der Waals surface area contributed by atoms with Crippen molar-refractivity contribution in [3.05, 3.63) is 70.8 Å². The smallest absolute Gasteiger partial charge is 0.338 e. The third-order valence-electron chi connectivity index (χ3n) is 3.97. The Bertz CT molecular complexity index is 1160. The lowest BCUT2D eigenvalue weighted by molar-refractivity contribution is 0.243. The molecule has 0 radical (unpaired) electrons. The highest BCUT2D eigenvalue weighted by molar-refractivity contribution is 7.14. The summed E-state index contributed by atoms with van der Waals surface area (Å²) in [4.78, 5) is 24.6. The van der Waals surface area contributed by atoms with E-state index in [1.165, 1.54) is 0 Å². The van der Waals surface area contributed by atoms with Crippen LogP contribution in [-0.2, 0) is 6.54 Å². The lowest BCUT2D eigenvalue weighted by Crippen LogP contribution is -2.32. The molecular weight excluding hydrogens is 366 g/mol. The van der Waals surface area contributed by atoms with Gasteiger partial charge in [0.25, 0.3) is 5.56 Å². The van der Waals surface area contributed by atoms with Gasteiger partial charge in [-0.1, -0.05) is 17.3 Å². The van der Waals surface area contributed by atoms with Crippen LogP contribution in [0.4, 0.5) is 4.79 Å². The molecule has 0 unspecified atom stereocenters. The number of fused-ring (bicyclic) bond motifs is 1. The first-order valence-corrected chi connectivity index (χ1v) is 8.88. The number of ether oxygens (including phenoxy) is 1. The van der Waals surface area contributed by atoms with Crippen LogP contribution in [0.5, 0.6) is 5.75 Å². The summed E-state index contributed by atoms with van der Waals surface area (Å²) in [7, 11) is 1.60. The van der Waals surface area contributed by atoms with E-state index in [-0.39, 0.29) is 12.1 Å². The maximum absolute atomic E-state index is 12.3. The summed E-state index contributed by atoms with van der Waals surface area (Å²) in [5.74, 6) is 0.750. The Morgan fingerprint density at radius 1 is 1.19 bits per heavy atom. The number of nitrogens with one attached hydrogen (secondary N) is 1. The van der Waals surface area contributed by atoms with E-state index in [0.29, 0.717) is 11.1 Å². The Hall–Kier alpha value is -3.46. The molecule has 0 atom stereocenters. The summed E-state index contributed by atoms with van der Waals surface area (Å²) >= 11 is 1.11. The third kappa shape index (κ3) is 3.32. The predicted octanol–water partition coefficient (Wildman–Crippen LogP) is 2.41. The van der Waals surface area contributed by atoms with Gasteiger partial charge in [0.05, 0.1) is 35.6 Å². The molecule has 4 rings (SSSR count). The minimum atomic E-state index is -0.486. The molecule has 27 heavy (non-hydrogen) atoms. The second kappa shape index (κ2) is 7.04. The molecule has 0 aliphatic rings. The van der Waals surface area contributed by atoms with Crippen molar-refractivity contribution >= 4 is 27.6 Å². The first kappa shape index (κ1) is 17.0. The number of hydrogen-bond donors (Lipinski definition) is 1. The minimum Gasteiger partial charge on any atom is -0.497 e. The van der Waals surface area contributed by atoms with Crippen LogP contribution in [-0.4, -0.2) is 32.1 Å². The van der Waals surface area contributed by atoms with Crippen LogP contribution in [0.15, 0.2) is 59.5 Å². The van der Waals surface area contributed by atoms with E-state index >= 15 is 0 Å². The number of rotatable bonds is 4. The van der Waals surface area contributed by atoms with Crippen molar-refractivity contribution in [2.24, 2.45) is 0 Å². The lowest BCUT2D eigenvalue weighted by Gasteiger charge is -2.02. The minimum absolute atomic E-state index is 0.162. The van der Waals surface area contributed by atoms with Crippen LogP contribution in [0.2, 0.25) is 0 Å². The molecule has 0 saturated heterocycles. The van der Waals surface area contributed by atoms with Crippen LogP contribution < -0.4 is 15.6 Å². The Morgan fingerprint density at radius 3 is 2.70 bits per heavy atom. The predicted molar refractivity (Wildman–Crippen MR) is 102 cm³/mol. The SMILES string of the molecule is COc1ccc(-n2cc(CNC(=O)n3sc4ccccc4c3=O)nn2)cc1. The summed E-state index contributed by atoms with van der Waals surface area (Å²) in [6.45, 7) is 0.162. The van der Waals surface area contributed by atoms with E-state index in [1.807, 2.05) is 36.4 Å². The van der Waals surface area contributed by atoms with Gasteiger partial charge in [-0.15, -0.1) is 5.10 Å². The Balaban J connectivity index is 1.47. The zero-order valence-corrected chi connectivity index (χ0v) is 15.1. The third-order valence-corrected chi connectivity index (χ3v) is 5.04. The maximum Gasteiger partial charge on any atom is 0.338 e. The van der Waals surface area contributed by atoms with Gasteiger partial charge in [-0.05, 0) is 47.9 Å². The number of methoxy groups -OCH3 is 1. The molecule has 9 heteroatoms. The molecule has 2 heterocycles. The lowest BCUT2D eigenvalue weighted by atomic mass is 10.3. The van der Waals surface area contributed by atoms with Crippen molar-refractivity contribution in [2.45, 2.75) is 6.54 Å². The zero-order chi connectivity index (χ0) is 18.8. The molecule has 0 aliphatic carbocycles. The Kier molecular flexibility index (Phi) is 4.43. The van der Waals surface area contributed by atoms with Gasteiger partial charge >= 0.3 is 6.03 Å². The van der Waals surface area contributed by atoms with Crippen LogP contribution in [0.1, 0.15) is 5.69 Å². The monoisotopic (exact) mass is 381 g/mol. The van der Waals surface area contributed by atoms with Crippen LogP contribution in [0, 0.1) is 0 Å². The Labute approximate surface area is 157 Å². The van der Waals surface area contributed by atoms with Crippen LogP contribution >= 0.6 is 11.5 Å². The van der Waals surface area contributed by atoms with Crippen molar-refractivity contribution in [3.63, 3.8) is 0 Å². The molecule has 136 valence electrons. The van der Waals surface area contributed by atoms with Crippen LogP contribution in [0.3, 0.4) is 0 Å². The summed E-state index contributed by atoms with van der Waals surface area (Å²) in [5.41, 5.74) is 1.07. The van der Waals surface area contributed by atoms with Gasteiger partial charge in [0, 0.05) is 0 Å². The van der Waals surface area contributed by atoms with Gasteiger partial charge in [0.2, 0.25) is 0 Å². The molecule has 2 aromatic carbocycles. The number of amides is 1. The first-order valence-electron chi connectivity index (χ1n) is 8.10. The van der Waals surface area contributed by atoms with Crippen molar-refractivity contribution < 1.29 is 9.53 Å². The van der Waals surface area contributed by atoms with E-state index in [1.54, 1.807) is 30.1 Å². The van der Waals surface area contributed by atoms with Crippen molar-refractivity contribution in [1.29, 1.82) is 0 Å². The van der Waals surface area contributed by atoms with Gasteiger partial charge in [-0.25, -0.2) is 9.48 Å². The topological polar surface area (TPSA) is 91.0 Å². The molecule has 1 amide bonds. The number of carbonyl (C=O) groups excluding carboxylic acids is 1. The highest BCUT2D eigenvalue weighted by atomic mass is 32.1. The van der Waals surface area contributed by atoms with E-state index in [2.05, 4.69) is 15.6 Å². The van der Waals surface area contributed by atoms with Crippen LogP contribution in [0.25, 0.3) is 15.8 Å². The number of hydrogen-bond acceptors (Lipinski definition) is 6. The average Bonchev–Trinajstić information content (AvgIpc) is 3.31. The van der Waals surface area contributed by atoms with E-state index in [9.17, 15) is 9.59 Å². The van der Waals surface area contributed by atoms with Gasteiger partial charge in [0.1, 0.15) is 11.4 Å². The number of nitrogens with zero attached hydrogens (tertiary/aromatic N) is 4. The molecule has 0 saturated carbocycles. The summed E-state index contributed by atoms with van der Waals surface area (Å²) in [6.07, 6.45) is 1.72. The summed E-state index contributed by atoms with van der Waals surface area (Å²) in [6, 6.07) is 14.0. The summed E-state index contributed by atoms with van der Waals surface area (Å²) < 4.78 is 8.61. The molecule has 0 fully saturated rings. The molecular formula is C18H15N5O3S. The molecule has 2 aromatic heterocycles. The first-order chi connectivity index (χ1) is 13.2. The zero-order valence-electron chi connectivity index (χ0n) is 14.3. The van der Waals surface area contributed by atoms with Gasteiger partial charge in [0.15, 0.2) is 0 Å². The van der Waals surface area contributed by atoms with E-state index < -0.39 is 6.03 Å². The van der Waals surface area contributed by atoms with Gasteiger partial charge in [-0.2, -0.15) is 3.96 Å². The van der Waals surface area contributed by atoms with Crippen molar-refractivity contribution in [2.75, 3.05) is 7.11 Å². The number of aromatic nitrogens is 4. The fourth-order valence-corrected chi connectivity index (χ4v) is 3.50. The van der Waals surface area contributed by atoms with Gasteiger partial charge in [-0.3, -0.25) is 4.79 Å². The standard InChI is InChI=1S/C18H15N5O3S/c1-26-14-8-6-13(7-9-14)22-11-12(20-21-22)10-19-18(25)23-17(24)15-4-2-3-5-16(15)27-23/h2-9,11H,10H2,1H3,(H,19,25). The highest BCUT2D eigenvalue weighted by Gasteiger charge is 2.14.